The highest BCUT2D eigenvalue weighted by atomic mass is 19.1. The van der Waals surface area contributed by atoms with Gasteiger partial charge in [0.2, 0.25) is 0 Å². The molecule has 62 valence electrons. The van der Waals surface area contributed by atoms with E-state index < -0.39 is 0 Å². The molecule has 0 atom stereocenters. The van der Waals surface area contributed by atoms with Gasteiger partial charge in [-0.3, -0.25) is 5.43 Å². The average molecular weight is 148 g/mol. The molecule has 0 aromatic carbocycles. The standard InChI is InChI=1S/C7H17FN2/c1-7(2,3)10(9-4)6-5-8/h9H,5-6H2,1-4H3. The highest BCUT2D eigenvalue weighted by molar-refractivity contribution is 4.71. The first kappa shape index (κ1) is 9.85. The third-order valence-electron chi connectivity index (χ3n) is 1.39. The number of rotatable bonds is 3. The minimum Gasteiger partial charge on any atom is -0.258 e. The smallest absolute Gasteiger partial charge is 0.104 e. The van der Waals surface area contributed by atoms with Crippen molar-refractivity contribution >= 4 is 0 Å². The summed E-state index contributed by atoms with van der Waals surface area (Å²) < 4.78 is 11.9. The molecule has 0 aromatic rings. The van der Waals surface area contributed by atoms with Crippen molar-refractivity contribution in [3.63, 3.8) is 0 Å². The van der Waals surface area contributed by atoms with Crippen LogP contribution in [0.15, 0.2) is 0 Å². The highest BCUT2D eigenvalue weighted by Gasteiger charge is 2.18. The molecule has 0 saturated carbocycles. The Morgan fingerprint density at radius 3 is 2.00 bits per heavy atom. The first-order valence-corrected chi connectivity index (χ1v) is 3.53. The summed E-state index contributed by atoms with van der Waals surface area (Å²) in [7, 11) is 1.81. The molecule has 0 unspecified atom stereocenters. The van der Waals surface area contributed by atoms with Gasteiger partial charge < -0.3 is 0 Å². The Labute approximate surface area is 62.4 Å². The van der Waals surface area contributed by atoms with E-state index >= 15 is 0 Å². The maximum Gasteiger partial charge on any atom is 0.104 e. The van der Waals surface area contributed by atoms with Gasteiger partial charge in [-0.2, -0.15) is 0 Å². The van der Waals surface area contributed by atoms with Gasteiger partial charge in [0.05, 0.1) is 0 Å². The van der Waals surface area contributed by atoms with E-state index in [1.54, 1.807) is 7.05 Å². The number of halogens is 1. The van der Waals surface area contributed by atoms with E-state index in [0.717, 1.165) is 0 Å². The SMILES string of the molecule is CNN(CCF)C(C)(C)C. The van der Waals surface area contributed by atoms with Crippen LogP contribution in [0.3, 0.4) is 0 Å². The van der Waals surface area contributed by atoms with Gasteiger partial charge in [-0.1, -0.05) is 0 Å². The zero-order valence-corrected chi connectivity index (χ0v) is 7.24. The van der Waals surface area contributed by atoms with E-state index in [-0.39, 0.29) is 12.2 Å². The molecule has 0 rings (SSSR count). The molecule has 0 saturated heterocycles. The molecule has 0 heterocycles. The molecule has 1 N–H and O–H groups in total. The Morgan fingerprint density at radius 2 is 1.90 bits per heavy atom. The number of hydrogen-bond donors (Lipinski definition) is 1. The van der Waals surface area contributed by atoms with Crippen LogP contribution in [0.25, 0.3) is 0 Å². The van der Waals surface area contributed by atoms with Crippen molar-refractivity contribution in [2.75, 3.05) is 20.3 Å². The number of nitrogens with one attached hydrogen (secondary N) is 1. The van der Waals surface area contributed by atoms with E-state index in [2.05, 4.69) is 5.43 Å². The molecule has 0 radical (unpaired) electrons. The zero-order chi connectivity index (χ0) is 8.20. The molecule has 0 aliphatic rings. The van der Waals surface area contributed by atoms with E-state index in [1.165, 1.54) is 0 Å². The third-order valence-corrected chi connectivity index (χ3v) is 1.39. The van der Waals surface area contributed by atoms with Crippen LogP contribution in [0, 0.1) is 0 Å². The van der Waals surface area contributed by atoms with Crippen LogP contribution in [0.5, 0.6) is 0 Å². The van der Waals surface area contributed by atoms with Crippen molar-refractivity contribution in [3.8, 4) is 0 Å². The number of hydrazine groups is 1. The lowest BCUT2D eigenvalue weighted by Crippen LogP contribution is -2.49. The van der Waals surface area contributed by atoms with Crippen LogP contribution in [0.4, 0.5) is 4.39 Å². The van der Waals surface area contributed by atoms with Crippen LogP contribution < -0.4 is 5.43 Å². The zero-order valence-electron chi connectivity index (χ0n) is 7.24. The predicted molar refractivity (Wildman–Crippen MR) is 41.5 cm³/mol. The lowest BCUT2D eigenvalue weighted by molar-refractivity contribution is 0.0772. The summed E-state index contributed by atoms with van der Waals surface area (Å²) in [5.41, 5.74) is 2.94. The van der Waals surface area contributed by atoms with Gasteiger partial charge in [0.15, 0.2) is 0 Å². The first-order chi connectivity index (χ1) is 4.52. The molecule has 0 fully saturated rings. The minimum absolute atomic E-state index is 0.000833. The summed E-state index contributed by atoms with van der Waals surface area (Å²) in [6, 6.07) is 0. The van der Waals surface area contributed by atoms with Crippen molar-refractivity contribution < 1.29 is 4.39 Å². The molecule has 0 aliphatic heterocycles. The number of nitrogens with zero attached hydrogens (tertiary/aromatic N) is 1. The minimum atomic E-state index is -0.307. The van der Waals surface area contributed by atoms with Gasteiger partial charge in [-0.15, -0.1) is 0 Å². The summed E-state index contributed by atoms with van der Waals surface area (Å²) in [5, 5.41) is 1.87. The molecule has 0 bridgehead atoms. The second-order valence-electron chi connectivity index (χ2n) is 3.24. The Balaban J connectivity index is 3.81. The Bertz CT molecular complexity index is 88.1. The van der Waals surface area contributed by atoms with Gasteiger partial charge in [-0.25, -0.2) is 9.40 Å². The van der Waals surface area contributed by atoms with E-state index in [1.807, 2.05) is 25.8 Å². The van der Waals surface area contributed by atoms with Gasteiger partial charge in [-0.05, 0) is 27.8 Å². The first-order valence-electron chi connectivity index (χ1n) is 3.53. The number of alkyl halides is 1. The number of hydrogen-bond acceptors (Lipinski definition) is 2. The van der Waals surface area contributed by atoms with Gasteiger partial charge >= 0.3 is 0 Å². The van der Waals surface area contributed by atoms with Crippen LogP contribution in [0.1, 0.15) is 20.8 Å². The summed E-state index contributed by atoms with van der Waals surface area (Å²) >= 11 is 0. The summed E-state index contributed by atoms with van der Waals surface area (Å²) in [6.07, 6.45) is 0. The molecule has 0 aromatic heterocycles. The molecule has 0 aliphatic carbocycles. The van der Waals surface area contributed by atoms with Gasteiger partial charge in [0.1, 0.15) is 6.67 Å². The van der Waals surface area contributed by atoms with Crippen LogP contribution in [0.2, 0.25) is 0 Å². The fraction of sp³-hybridized carbons (Fsp3) is 1.00. The Hall–Kier alpha value is -0.150. The second kappa shape index (κ2) is 3.88. The summed E-state index contributed by atoms with van der Waals surface area (Å²) in [6.45, 7) is 6.26. The van der Waals surface area contributed by atoms with Crippen molar-refractivity contribution in [3.05, 3.63) is 0 Å². The largest absolute Gasteiger partial charge is 0.258 e. The van der Waals surface area contributed by atoms with Crippen LogP contribution >= 0.6 is 0 Å². The lowest BCUT2D eigenvalue weighted by Gasteiger charge is -2.33. The molecule has 0 amide bonds. The summed E-state index contributed by atoms with van der Waals surface area (Å²) in [5.74, 6) is 0. The van der Waals surface area contributed by atoms with Crippen LogP contribution in [-0.2, 0) is 0 Å². The molecule has 2 nitrogen and oxygen atoms in total. The van der Waals surface area contributed by atoms with Crippen molar-refractivity contribution in [1.82, 2.24) is 10.4 Å². The maximum atomic E-state index is 11.9. The normalized spacial score (nSPS) is 12.6. The fourth-order valence-electron chi connectivity index (χ4n) is 0.867. The molecule has 10 heavy (non-hydrogen) atoms. The van der Waals surface area contributed by atoms with E-state index in [4.69, 9.17) is 0 Å². The molecular formula is C7H17FN2. The monoisotopic (exact) mass is 148 g/mol. The van der Waals surface area contributed by atoms with Crippen LogP contribution in [-0.4, -0.2) is 30.8 Å². The lowest BCUT2D eigenvalue weighted by atomic mass is 10.1. The maximum absolute atomic E-state index is 11.9. The quantitative estimate of drug-likeness (QED) is 0.605. The Morgan fingerprint density at radius 1 is 1.40 bits per heavy atom. The third kappa shape index (κ3) is 3.13. The molecular weight excluding hydrogens is 131 g/mol. The molecule has 3 heteroatoms. The summed E-state index contributed by atoms with van der Waals surface area (Å²) in [4.78, 5) is 0. The van der Waals surface area contributed by atoms with Gasteiger partial charge in [0, 0.05) is 12.1 Å². The Kier molecular flexibility index (Phi) is 3.83. The van der Waals surface area contributed by atoms with Crippen molar-refractivity contribution in [1.29, 1.82) is 0 Å². The van der Waals surface area contributed by atoms with E-state index in [9.17, 15) is 4.39 Å². The fourth-order valence-corrected chi connectivity index (χ4v) is 0.867. The van der Waals surface area contributed by atoms with Crippen molar-refractivity contribution in [2.24, 2.45) is 0 Å². The predicted octanol–water partition coefficient (Wildman–Crippen LogP) is 1.19. The highest BCUT2D eigenvalue weighted by Crippen LogP contribution is 2.08. The van der Waals surface area contributed by atoms with E-state index in [0.29, 0.717) is 6.54 Å². The van der Waals surface area contributed by atoms with Gasteiger partial charge in [0.25, 0.3) is 0 Å². The second-order valence-corrected chi connectivity index (χ2v) is 3.24. The topological polar surface area (TPSA) is 15.3 Å². The van der Waals surface area contributed by atoms with Crippen molar-refractivity contribution in [2.45, 2.75) is 26.3 Å². The average Bonchev–Trinajstić information content (AvgIpc) is 1.80. The molecule has 0 spiro atoms.